The predicted octanol–water partition coefficient (Wildman–Crippen LogP) is 3.72. The number of rotatable bonds is 6. The van der Waals surface area contributed by atoms with E-state index in [0.717, 1.165) is 29.8 Å². The van der Waals surface area contributed by atoms with Crippen molar-refractivity contribution in [3.8, 4) is 17.0 Å². The Hall–Kier alpha value is -2.85. The molecular formula is C17H13F3N2O4S. The van der Waals surface area contributed by atoms with Crippen molar-refractivity contribution in [1.29, 1.82) is 0 Å². The molecule has 0 unspecified atom stereocenters. The Morgan fingerprint density at radius 2 is 1.81 bits per heavy atom. The van der Waals surface area contributed by atoms with Gasteiger partial charge in [-0.05, 0) is 42.0 Å². The van der Waals surface area contributed by atoms with E-state index in [1.807, 2.05) is 0 Å². The van der Waals surface area contributed by atoms with Gasteiger partial charge in [-0.3, -0.25) is 4.98 Å². The van der Waals surface area contributed by atoms with Gasteiger partial charge in [-0.2, -0.15) is 0 Å². The summed E-state index contributed by atoms with van der Waals surface area (Å²) in [6, 6.07) is 9.10. The van der Waals surface area contributed by atoms with E-state index in [0.29, 0.717) is 11.3 Å². The number of furan rings is 1. The number of nitrogens with zero attached hydrogens (tertiary/aromatic N) is 1. The molecule has 142 valence electrons. The molecule has 2 heterocycles. The highest BCUT2D eigenvalue weighted by Crippen LogP contribution is 2.24. The summed E-state index contributed by atoms with van der Waals surface area (Å²) in [7, 11) is -3.90. The van der Waals surface area contributed by atoms with Gasteiger partial charge in [0.05, 0.1) is 23.1 Å². The van der Waals surface area contributed by atoms with Crippen molar-refractivity contribution in [2.45, 2.75) is 17.8 Å². The van der Waals surface area contributed by atoms with Gasteiger partial charge in [0.25, 0.3) is 0 Å². The van der Waals surface area contributed by atoms with E-state index < -0.39 is 22.1 Å². The normalized spacial score (nSPS) is 12.1. The zero-order valence-electron chi connectivity index (χ0n) is 13.6. The van der Waals surface area contributed by atoms with Crippen LogP contribution >= 0.6 is 0 Å². The average molecular weight is 398 g/mol. The van der Waals surface area contributed by atoms with E-state index in [9.17, 15) is 21.6 Å². The molecule has 2 aromatic heterocycles. The molecule has 0 saturated carbocycles. The number of hydrogen-bond acceptors (Lipinski definition) is 5. The summed E-state index contributed by atoms with van der Waals surface area (Å²) in [6.45, 7) is -0.0260. The fraction of sp³-hybridized carbons (Fsp3) is 0.118. The highest BCUT2D eigenvalue weighted by atomic mass is 32.2. The molecule has 0 atom stereocenters. The van der Waals surface area contributed by atoms with Crippen LogP contribution in [0.2, 0.25) is 0 Å². The molecule has 1 aromatic carbocycles. The molecule has 0 bridgehead atoms. The first-order valence-electron chi connectivity index (χ1n) is 7.56. The minimum atomic E-state index is -4.84. The van der Waals surface area contributed by atoms with Crippen LogP contribution in [0.1, 0.15) is 5.56 Å². The summed E-state index contributed by atoms with van der Waals surface area (Å²) in [6.07, 6.45) is -0.264. The molecule has 3 rings (SSSR count). The van der Waals surface area contributed by atoms with Crippen LogP contribution in [0.5, 0.6) is 5.75 Å². The molecule has 6 nitrogen and oxygen atoms in total. The first-order valence-corrected chi connectivity index (χ1v) is 9.04. The number of pyridine rings is 1. The number of aromatic nitrogens is 1. The third-order valence-electron chi connectivity index (χ3n) is 3.48. The molecule has 27 heavy (non-hydrogen) atoms. The van der Waals surface area contributed by atoms with Crippen LogP contribution < -0.4 is 9.46 Å². The van der Waals surface area contributed by atoms with Crippen LogP contribution in [0.25, 0.3) is 11.3 Å². The zero-order valence-corrected chi connectivity index (χ0v) is 14.4. The lowest BCUT2D eigenvalue weighted by Crippen LogP contribution is -2.23. The fourth-order valence-electron chi connectivity index (χ4n) is 2.19. The van der Waals surface area contributed by atoms with Crippen LogP contribution in [-0.4, -0.2) is 19.8 Å². The van der Waals surface area contributed by atoms with E-state index in [-0.39, 0.29) is 11.4 Å². The van der Waals surface area contributed by atoms with Crippen molar-refractivity contribution in [3.05, 3.63) is 66.8 Å². The molecular weight excluding hydrogens is 385 g/mol. The summed E-state index contributed by atoms with van der Waals surface area (Å²) in [4.78, 5) is 4.04. The first-order chi connectivity index (χ1) is 12.7. The van der Waals surface area contributed by atoms with Gasteiger partial charge < -0.3 is 9.15 Å². The van der Waals surface area contributed by atoms with Crippen LogP contribution in [0.3, 0.4) is 0 Å². The van der Waals surface area contributed by atoms with Crippen molar-refractivity contribution >= 4 is 10.0 Å². The van der Waals surface area contributed by atoms with Gasteiger partial charge >= 0.3 is 6.36 Å². The quantitative estimate of drug-likeness (QED) is 0.685. The van der Waals surface area contributed by atoms with Crippen molar-refractivity contribution in [2.75, 3.05) is 0 Å². The molecule has 0 amide bonds. The molecule has 1 N–H and O–H groups in total. The Balaban J connectivity index is 1.64. The number of benzene rings is 1. The second-order valence-corrected chi connectivity index (χ2v) is 7.17. The van der Waals surface area contributed by atoms with Crippen LogP contribution in [0, 0.1) is 0 Å². The minimum Gasteiger partial charge on any atom is -0.472 e. The van der Waals surface area contributed by atoms with Crippen molar-refractivity contribution in [1.82, 2.24) is 9.71 Å². The topological polar surface area (TPSA) is 81.4 Å². The molecule has 0 saturated heterocycles. The third kappa shape index (κ3) is 5.08. The first kappa shape index (κ1) is 18.9. The van der Waals surface area contributed by atoms with Crippen molar-refractivity contribution < 1.29 is 30.7 Å². The summed E-state index contributed by atoms with van der Waals surface area (Å²) < 4.78 is 72.0. The fourth-order valence-corrected chi connectivity index (χ4v) is 3.21. The number of hydrogen-bond donors (Lipinski definition) is 1. The maximum atomic E-state index is 12.2. The van der Waals surface area contributed by atoms with Crippen molar-refractivity contribution in [3.63, 3.8) is 0 Å². The number of nitrogens with one attached hydrogen (secondary N) is 1. The maximum Gasteiger partial charge on any atom is 0.573 e. The minimum absolute atomic E-state index is 0.0260. The summed E-state index contributed by atoms with van der Waals surface area (Å²) in [5, 5.41) is 0. The molecule has 0 aliphatic carbocycles. The van der Waals surface area contributed by atoms with Gasteiger partial charge in [-0.15, -0.1) is 13.2 Å². The van der Waals surface area contributed by atoms with E-state index in [2.05, 4.69) is 14.4 Å². The lowest BCUT2D eigenvalue weighted by molar-refractivity contribution is -0.274. The molecule has 0 aliphatic heterocycles. The predicted molar refractivity (Wildman–Crippen MR) is 89.1 cm³/mol. The lowest BCUT2D eigenvalue weighted by atomic mass is 10.2. The highest BCUT2D eigenvalue weighted by molar-refractivity contribution is 7.89. The second-order valence-electron chi connectivity index (χ2n) is 5.41. The van der Waals surface area contributed by atoms with Gasteiger partial charge in [0.2, 0.25) is 10.0 Å². The Kier molecular flexibility index (Phi) is 5.19. The third-order valence-corrected chi connectivity index (χ3v) is 4.89. The lowest BCUT2D eigenvalue weighted by Gasteiger charge is -2.10. The zero-order chi connectivity index (χ0) is 19.5. The highest BCUT2D eigenvalue weighted by Gasteiger charge is 2.31. The monoisotopic (exact) mass is 398 g/mol. The Bertz CT molecular complexity index is 984. The largest absolute Gasteiger partial charge is 0.573 e. The number of halogens is 3. The Morgan fingerprint density at radius 3 is 2.37 bits per heavy atom. The summed E-state index contributed by atoms with van der Waals surface area (Å²) in [5.74, 6) is -0.500. The SMILES string of the molecule is O=S(=O)(NCc1ccc(-c2ccoc2)nc1)c1ccc(OC(F)(F)F)cc1. The van der Waals surface area contributed by atoms with E-state index >= 15 is 0 Å². The molecule has 0 fully saturated rings. The molecule has 3 aromatic rings. The van der Waals surface area contributed by atoms with Gasteiger partial charge in [0, 0.05) is 18.3 Å². The molecule has 10 heteroatoms. The standard InChI is InChI=1S/C17H13F3N2O4S/c18-17(19,20)26-14-2-4-15(5-3-14)27(23,24)22-10-12-1-6-16(21-9-12)13-7-8-25-11-13/h1-9,11,22H,10H2. The second kappa shape index (κ2) is 7.41. The van der Waals surface area contributed by atoms with E-state index in [1.165, 1.54) is 18.7 Å². The van der Waals surface area contributed by atoms with Crippen LogP contribution in [0.4, 0.5) is 13.2 Å². The molecule has 0 spiro atoms. The smallest absolute Gasteiger partial charge is 0.472 e. The van der Waals surface area contributed by atoms with Gasteiger partial charge in [-0.25, -0.2) is 13.1 Å². The summed E-state index contributed by atoms with van der Waals surface area (Å²) >= 11 is 0. The van der Waals surface area contributed by atoms with Crippen LogP contribution in [0.15, 0.2) is 70.5 Å². The number of alkyl halides is 3. The van der Waals surface area contributed by atoms with Gasteiger partial charge in [0.15, 0.2) is 0 Å². The Labute approximate surface area is 152 Å². The molecule has 0 aliphatic rings. The maximum absolute atomic E-state index is 12.2. The average Bonchev–Trinajstić information content (AvgIpc) is 3.14. The van der Waals surface area contributed by atoms with Gasteiger partial charge in [-0.1, -0.05) is 6.07 Å². The van der Waals surface area contributed by atoms with Crippen LogP contribution in [-0.2, 0) is 16.6 Å². The van der Waals surface area contributed by atoms with E-state index in [4.69, 9.17) is 4.42 Å². The molecule has 0 radical (unpaired) electrons. The summed E-state index contributed by atoms with van der Waals surface area (Å²) in [5.41, 5.74) is 2.08. The number of ether oxygens (including phenoxy) is 1. The van der Waals surface area contributed by atoms with E-state index in [1.54, 1.807) is 18.2 Å². The number of sulfonamides is 1. The Morgan fingerprint density at radius 1 is 1.07 bits per heavy atom. The van der Waals surface area contributed by atoms with Crippen molar-refractivity contribution in [2.24, 2.45) is 0 Å². The van der Waals surface area contributed by atoms with Gasteiger partial charge in [0.1, 0.15) is 5.75 Å².